The maximum Gasteiger partial charge on any atom is 0.329 e. The van der Waals surface area contributed by atoms with E-state index >= 15 is 0 Å². The molecule has 7 heteroatoms. The number of nitrogens with one attached hydrogen (secondary N) is 2. The fourth-order valence-electron chi connectivity index (χ4n) is 1.55. The fourth-order valence-corrected chi connectivity index (χ4v) is 2.04. The number of hydrazone groups is 1. The van der Waals surface area contributed by atoms with Crippen LogP contribution in [0.2, 0.25) is 10.0 Å². The average Bonchev–Trinajstić information content (AvgIpc) is 2.51. The highest BCUT2D eigenvalue weighted by atomic mass is 35.5. The number of para-hydroxylation sites is 1. The molecule has 0 atom stereocenters. The maximum atomic E-state index is 11.6. The topological polar surface area (TPSA) is 70.6 Å². The quantitative estimate of drug-likeness (QED) is 0.514. The molecule has 2 aromatic carbocycles. The summed E-state index contributed by atoms with van der Waals surface area (Å²) in [6.07, 6.45) is 1.28. The van der Waals surface area contributed by atoms with Crippen molar-refractivity contribution in [1.82, 2.24) is 5.43 Å². The van der Waals surface area contributed by atoms with Crippen LogP contribution in [0.3, 0.4) is 0 Å². The summed E-state index contributed by atoms with van der Waals surface area (Å²) < 4.78 is 0. The van der Waals surface area contributed by atoms with E-state index in [0.29, 0.717) is 21.3 Å². The SMILES string of the molecule is O=C(N/N=C/c1c(Cl)cccc1Cl)C(=O)Nc1ccccc1. The highest BCUT2D eigenvalue weighted by Gasteiger charge is 2.12. The van der Waals surface area contributed by atoms with Gasteiger partial charge in [0, 0.05) is 11.3 Å². The molecule has 0 aromatic heterocycles. The number of benzene rings is 2. The van der Waals surface area contributed by atoms with Crippen molar-refractivity contribution in [1.29, 1.82) is 0 Å². The first-order chi connectivity index (χ1) is 10.6. The second-order valence-corrected chi connectivity index (χ2v) is 4.97. The van der Waals surface area contributed by atoms with E-state index < -0.39 is 11.8 Å². The zero-order chi connectivity index (χ0) is 15.9. The lowest BCUT2D eigenvalue weighted by molar-refractivity contribution is -0.136. The number of halogens is 2. The highest BCUT2D eigenvalue weighted by molar-refractivity contribution is 6.40. The molecule has 0 aliphatic rings. The summed E-state index contributed by atoms with van der Waals surface area (Å²) in [6.45, 7) is 0. The maximum absolute atomic E-state index is 11.6. The van der Waals surface area contributed by atoms with Gasteiger partial charge in [-0.15, -0.1) is 0 Å². The number of carbonyl (C=O) groups excluding carboxylic acids is 2. The number of hydrogen-bond acceptors (Lipinski definition) is 3. The summed E-state index contributed by atoms with van der Waals surface area (Å²) in [6, 6.07) is 13.6. The molecular weight excluding hydrogens is 325 g/mol. The molecular formula is C15H11Cl2N3O2. The molecule has 0 heterocycles. The normalized spacial score (nSPS) is 10.5. The van der Waals surface area contributed by atoms with E-state index in [2.05, 4.69) is 15.8 Å². The summed E-state index contributed by atoms with van der Waals surface area (Å²) >= 11 is 11.9. The summed E-state index contributed by atoms with van der Waals surface area (Å²) in [5.41, 5.74) is 3.07. The van der Waals surface area contributed by atoms with E-state index in [-0.39, 0.29) is 0 Å². The standard InChI is InChI=1S/C15H11Cl2N3O2/c16-12-7-4-8-13(17)11(12)9-18-20-15(22)14(21)19-10-5-2-1-3-6-10/h1-9H,(H,19,21)(H,20,22)/b18-9+. The van der Waals surface area contributed by atoms with E-state index in [0.717, 1.165) is 0 Å². The van der Waals surface area contributed by atoms with Gasteiger partial charge in [0.15, 0.2) is 0 Å². The molecule has 0 aliphatic carbocycles. The van der Waals surface area contributed by atoms with Gasteiger partial charge in [0.2, 0.25) is 0 Å². The zero-order valence-corrected chi connectivity index (χ0v) is 12.7. The van der Waals surface area contributed by atoms with E-state index in [1.54, 1.807) is 48.5 Å². The van der Waals surface area contributed by atoms with E-state index in [1.165, 1.54) is 6.21 Å². The van der Waals surface area contributed by atoms with Crippen LogP contribution in [0.5, 0.6) is 0 Å². The minimum Gasteiger partial charge on any atom is -0.318 e. The minimum atomic E-state index is -0.900. The van der Waals surface area contributed by atoms with Gasteiger partial charge >= 0.3 is 11.8 Å². The summed E-state index contributed by atoms with van der Waals surface area (Å²) in [5.74, 6) is -1.73. The Morgan fingerprint density at radius 1 is 0.909 bits per heavy atom. The molecule has 0 unspecified atom stereocenters. The van der Waals surface area contributed by atoms with Gasteiger partial charge in [-0.3, -0.25) is 9.59 Å². The van der Waals surface area contributed by atoms with Gasteiger partial charge in [0.05, 0.1) is 16.3 Å². The summed E-state index contributed by atoms with van der Waals surface area (Å²) in [4.78, 5) is 23.2. The van der Waals surface area contributed by atoms with Gasteiger partial charge in [-0.05, 0) is 24.3 Å². The van der Waals surface area contributed by atoms with Crippen LogP contribution in [0.4, 0.5) is 5.69 Å². The van der Waals surface area contributed by atoms with Crippen molar-refractivity contribution in [2.24, 2.45) is 5.10 Å². The first-order valence-corrected chi connectivity index (χ1v) is 6.97. The number of rotatable bonds is 3. The van der Waals surface area contributed by atoms with Gasteiger partial charge in [0.25, 0.3) is 0 Å². The molecule has 0 fully saturated rings. The molecule has 2 rings (SSSR count). The van der Waals surface area contributed by atoms with Crippen molar-refractivity contribution in [3.05, 3.63) is 64.1 Å². The largest absolute Gasteiger partial charge is 0.329 e. The van der Waals surface area contributed by atoms with Gasteiger partial charge < -0.3 is 5.32 Å². The molecule has 0 spiro atoms. The van der Waals surface area contributed by atoms with E-state index in [1.807, 2.05) is 0 Å². The number of nitrogens with zero attached hydrogens (tertiary/aromatic N) is 1. The molecule has 5 nitrogen and oxygen atoms in total. The van der Waals surface area contributed by atoms with Crippen LogP contribution >= 0.6 is 23.2 Å². The Labute approximate surface area is 136 Å². The molecule has 0 bridgehead atoms. The Balaban J connectivity index is 1.95. The third-order valence-corrected chi connectivity index (χ3v) is 3.26. The highest BCUT2D eigenvalue weighted by Crippen LogP contribution is 2.21. The van der Waals surface area contributed by atoms with Crippen LogP contribution < -0.4 is 10.7 Å². The molecule has 2 aromatic rings. The van der Waals surface area contributed by atoms with Crippen LogP contribution in [0, 0.1) is 0 Å². The third kappa shape index (κ3) is 4.31. The lowest BCUT2D eigenvalue weighted by Crippen LogP contribution is -2.32. The number of hydrogen-bond donors (Lipinski definition) is 2. The lowest BCUT2D eigenvalue weighted by Gasteiger charge is -2.03. The fraction of sp³-hybridized carbons (Fsp3) is 0. The van der Waals surface area contributed by atoms with Gasteiger partial charge in [-0.2, -0.15) is 5.10 Å². The van der Waals surface area contributed by atoms with Crippen LogP contribution in [-0.4, -0.2) is 18.0 Å². The zero-order valence-electron chi connectivity index (χ0n) is 11.2. The number of amides is 2. The lowest BCUT2D eigenvalue weighted by atomic mass is 10.2. The molecule has 112 valence electrons. The first-order valence-electron chi connectivity index (χ1n) is 6.21. The Bertz CT molecular complexity index is 698. The monoisotopic (exact) mass is 335 g/mol. The van der Waals surface area contributed by atoms with Crippen LogP contribution in [0.25, 0.3) is 0 Å². The van der Waals surface area contributed by atoms with Crippen molar-refractivity contribution < 1.29 is 9.59 Å². The molecule has 0 aliphatic heterocycles. The van der Waals surface area contributed by atoms with Gasteiger partial charge in [-0.1, -0.05) is 47.5 Å². The van der Waals surface area contributed by atoms with Crippen molar-refractivity contribution in [2.45, 2.75) is 0 Å². The van der Waals surface area contributed by atoms with Crippen LogP contribution in [0.1, 0.15) is 5.56 Å². The van der Waals surface area contributed by atoms with Gasteiger partial charge in [0.1, 0.15) is 0 Å². The Hall–Kier alpha value is -2.37. The molecule has 2 N–H and O–H groups in total. The second-order valence-electron chi connectivity index (χ2n) is 4.15. The predicted octanol–water partition coefficient (Wildman–Crippen LogP) is 3.08. The third-order valence-electron chi connectivity index (χ3n) is 2.60. The first kappa shape index (κ1) is 16.0. The van der Waals surface area contributed by atoms with Crippen molar-refractivity contribution in [2.75, 3.05) is 5.32 Å². The predicted molar refractivity (Wildman–Crippen MR) is 87.3 cm³/mol. The smallest absolute Gasteiger partial charge is 0.318 e. The minimum absolute atomic E-state index is 0.388. The van der Waals surface area contributed by atoms with E-state index in [9.17, 15) is 9.59 Å². The summed E-state index contributed by atoms with van der Waals surface area (Å²) in [7, 11) is 0. The summed E-state index contributed by atoms with van der Waals surface area (Å²) in [5, 5.41) is 6.88. The molecule has 0 radical (unpaired) electrons. The number of anilines is 1. The van der Waals surface area contributed by atoms with Crippen molar-refractivity contribution in [3.63, 3.8) is 0 Å². The number of carbonyl (C=O) groups is 2. The molecule has 0 saturated heterocycles. The van der Waals surface area contributed by atoms with Crippen LogP contribution in [-0.2, 0) is 9.59 Å². The average molecular weight is 336 g/mol. The Kier molecular flexibility index (Phi) is 5.52. The molecule has 22 heavy (non-hydrogen) atoms. The Morgan fingerprint density at radius 2 is 1.55 bits per heavy atom. The van der Waals surface area contributed by atoms with Gasteiger partial charge in [-0.25, -0.2) is 5.43 Å². The Morgan fingerprint density at radius 3 is 2.18 bits per heavy atom. The molecule has 0 saturated carbocycles. The second kappa shape index (κ2) is 7.59. The van der Waals surface area contributed by atoms with E-state index in [4.69, 9.17) is 23.2 Å². The van der Waals surface area contributed by atoms with Crippen LogP contribution in [0.15, 0.2) is 53.6 Å². The van der Waals surface area contributed by atoms with Crippen molar-refractivity contribution >= 4 is 46.9 Å². The molecule has 2 amide bonds. The van der Waals surface area contributed by atoms with Crippen molar-refractivity contribution in [3.8, 4) is 0 Å².